The number of methoxy groups -OCH3 is 1. The highest BCUT2D eigenvalue weighted by Gasteiger charge is 2.21. The van der Waals surface area contributed by atoms with Crippen molar-refractivity contribution in [2.45, 2.75) is 24.9 Å². The summed E-state index contributed by atoms with van der Waals surface area (Å²) < 4.78 is 35.7. The van der Waals surface area contributed by atoms with Crippen LogP contribution < -0.4 is 14.8 Å². The molecule has 0 fully saturated rings. The van der Waals surface area contributed by atoms with Gasteiger partial charge in [0, 0.05) is 18.3 Å². The molecular weight excluding hydrogens is 456 g/mol. The lowest BCUT2D eigenvalue weighted by Crippen LogP contribution is -2.20. The Labute approximate surface area is 196 Å². The van der Waals surface area contributed by atoms with Gasteiger partial charge in [-0.15, -0.1) is 6.42 Å². The Morgan fingerprint density at radius 1 is 1.26 bits per heavy atom. The number of carbonyl (C=O) groups excluding carboxylic acids is 1. The fourth-order valence-corrected chi connectivity index (χ4v) is 4.81. The van der Waals surface area contributed by atoms with Crippen LogP contribution in [0.25, 0.3) is 10.9 Å². The molecule has 10 nitrogen and oxygen atoms in total. The summed E-state index contributed by atoms with van der Waals surface area (Å²) in [6, 6.07) is 10.4. The average molecular weight is 479 g/mol. The summed E-state index contributed by atoms with van der Waals surface area (Å²) in [5, 5.41) is 14.4. The highest BCUT2D eigenvalue weighted by Crippen LogP contribution is 2.33. The fourth-order valence-electron chi connectivity index (χ4n) is 3.55. The van der Waals surface area contributed by atoms with Crippen LogP contribution in [0.2, 0.25) is 0 Å². The average Bonchev–Trinajstić information content (AvgIpc) is 3.43. The first-order valence-electron chi connectivity index (χ1n) is 10.2. The number of sulfonamides is 1. The molecule has 4 aromatic rings. The van der Waals surface area contributed by atoms with E-state index < -0.39 is 15.9 Å². The number of aromatic amines is 1. The first-order valence-corrected chi connectivity index (χ1v) is 11.7. The number of hydrogen-bond donors (Lipinski definition) is 3. The highest BCUT2D eigenvalue weighted by molar-refractivity contribution is 7.92. The summed E-state index contributed by atoms with van der Waals surface area (Å²) in [4.78, 5) is 11.4. The number of anilines is 1. The van der Waals surface area contributed by atoms with Gasteiger partial charge in [0.1, 0.15) is 5.75 Å². The highest BCUT2D eigenvalue weighted by atomic mass is 32.2. The number of fused-ring (bicyclic) bond motifs is 1. The molecule has 0 unspecified atom stereocenters. The topological polar surface area (TPSA) is 131 Å². The van der Waals surface area contributed by atoms with Crippen LogP contribution in [0.3, 0.4) is 0 Å². The summed E-state index contributed by atoms with van der Waals surface area (Å²) in [7, 11) is -2.34. The third-order valence-corrected chi connectivity index (χ3v) is 6.64. The SMILES string of the molecule is C#CC(=O)NCc1cnn(Cc2cc(OC)c3c(NS(=O)(=O)c4ccccc4C)n[nH]c3c2)c1. The molecule has 3 N–H and O–H groups in total. The molecule has 0 bridgehead atoms. The van der Waals surface area contributed by atoms with Gasteiger partial charge in [0.2, 0.25) is 0 Å². The van der Waals surface area contributed by atoms with Crippen LogP contribution in [0.1, 0.15) is 16.7 Å². The number of carbonyl (C=O) groups is 1. The fraction of sp³-hybridized carbons (Fsp3) is 0.174. The molecule has 4 rings (SSSR count). The van der Waals surface area contributed by atoms with Crippen LogP contribution in [0.5, 0.6) is 5.75 Å². The molecule has 2 aromatic carbocycles. The zero-order valence-electron chi connectivity index (χ0n) is 18.5. The van der Waals surface area contributed by atoms with E-state index in [1.54, 1.807) is 48.3 Å². The number of H-pyrrole nitrogens is 1. The molecule has 174 valence electrons. The minimum atomic E-state index is -3.84. The maximum Gasteiger partial charge on any atom is 0.295 e. The molecule has 2 heterocycles. The van der Waals surface area contributed by atoms with Gasteiger partial charge in [-0.05, 0) is 42.2 Å². The van der Waals surface area contributed by atoms with Gasteiger partial charge < -0.3 is 10.1 Å². The third kappa shape index (κ3) is 4.72. The van der Waals surface area contributed by atoms with Crippen molar-refractivity contribution in [1.82, 2.24) is 25.3 Å². The number of ether oxygens (including phenoxy) is 1. The van der Waals surface area contributed by atoms with Crippen LogP contribution in [-0.4, -0.2) is 41.4 Å². The van der Waals surface area contributed by atoms with Crippen molar-refractivity contribution in [3.05, 3.63) is 65.5 Å². The second kappa shape index (κ2) is 9.29. The van der Waals surface area contributed by atoms with Crippen LogP contribution in [0, 0.1) is 19.3 Å². The van der Waals surface area contributed by atoms with Gasteiger partial charge in [0.15, 0.2) is 5.82 Å². The van der Waals surface area contributed by atoms with Crippen molar-refractivity contribution < 1.29 is 17.9 Å². The number of rotatable bonds is 8. The minimum absolute atomic E-state index is 0.146. The largest absolute Gasteiger partial charge is 0.496 e. The molecular formula is C23H22N6O4S. The molecule has 0 spiro atoms. The van der Waals surface area contributed by atoms with Gasteiger partial charge in [-0.1, -0.05) is 18.2 Å². The Morgan fingerprint density at radius 2 is 2.06 bits per heavy atom. The molecule has 0 aliphatic carbocycles. The predicted molar refractivity (Wildman–Crippen MR) is 127 cm³/mol. The molecule has 0 radical (unpaired) electrons. The Kier molecular flexibility index (Phi) is 6.25. The Morgan fingerprint density at radius 3 is 2.79 bits per heavy atom. The monoisotopic (exact) mass is 478 g/mol. The summed E-state index contributed by atoms with van der Waals surface area (Å²) >= 11 is 0. The summed E-state index contributed by atoms with van der Waals surface area (Å²) in [5.74, 6) is 2.11. The molecule has 1 amide bonds. The van der Waals surface area contributed by atoms with E-state index in [1.165, 1.54) is 13.2 Å². The van der Waals surface area contributed by atoms with Gasteiger partial charge in [0.05, 0.1) is 35.6 Å². The molecule has 0 aliphatic rings. The zero-order valence-corrected chi connectivity index (χ0v) is 19.3. The first kappa shape index (κ1) is 22.9. The third-order valence-electron chi connectivity index (χ3n) is 5.14. The minimum Gasteiger partial charge on any atom is -0.496 e. The summed E-state index contributed by atoms with van der Waals surface area (Å²) in [5.41, 5.74) is 2.88. The van der Waals surface area contributed by atoms with Gasteiger partial charge >= 0.3 is 0 Å². The second-order valence-corrected chi connectivity index (χ2v) is 9.19. The van der Waals surface area contributed by atoms with Crippen molar-refractivity contribution in [1.29, 1.82) is 0 Å². The number of benzene rings is 2. The van der Waals surface area contributed by atoms with Crippen LogP contribution in [-0.2, 0) is 27.9 Å². The van der Waals surface area contributed by atoms with E-state index in [0.29, 0.717) is 28.8 Å². The van der Waals surface area contributed by atoms with E-state index in [-0.39, 0.29) is 17.3 Å². The lowest BCUT2D eigenvalue weighted by Gasteiger charge is -2.11. The van der Waals surface area contributed by atoms with E-state index in [1.807, 2.05) is 12.0 Å². The number of aryl methyl sites for hydroxylation is 1. The van der Waals surface area contributed by atoms with E-state index >= 15 is 0 Å². The number of terminal acetylenes is 1. The van der Waals surface area contributed by atoms with E-state index in [9.17, 15) is 13.2 Å². The van der Waals surface area contributed by atoms with Crippen molar-refractivity contribution in [3.63, 3.8) is 0 Å². The van der Waals surface area contributed by atoms with Crippen molar-refractivity contribution >= 4 is 32.7 Å². The zero-order chi connectivity index (χ0) is 24.3. The second-order valence-electron chi connectivity index (χ2n) is 7.54. The van der Waals surface area contributed by atoms with Crippen molar-refractivity contribution in [2.75, 3.05) is 11.8 Å². The van der Waals surface area contributed by atoms with Crippen LogP contribution in [0.15, 0.2) is 53.7 Å². The first-order chi connectivity index (χ1) is 16.3. The van der Waals surface area contributed by atoms with Gasteiger partial charge in [-0.2, -0.15) is 10.2 Å². The summed E-state index contributed by atoms with van der Waals surface area (Å²) in [6.07, 6.45) is 8.48. The van der Waals surface area contributed by atoms with Gasteiger partial charge in [-0.3, -0.25) is 19.3 Å². The molecule has 0 atom stereocenters. The van der Waals surface area contributed by atoms with Crippen molar-refractivity contribution in [2.24, 2.45) is 0 Å². The quantitative estimate of drug-likeness (QED) is 0.333. The standard InChI is InChI=1S/C23H22N6O4S/c1-4-21(30)24-11-17-12-25-29(14-17)13-16-9-18-22(19(10-16)33-3)23(27-26-18)28-34(31,32)20-8-6-5-7-15(20)2/h1,5-10,12,14H,11,13H2,2-3H3,(H,24,30)(H2,26,27,28). The smallest absolute Gasteiger partial charge is 0.295 e. The maximum absolute atomic E-state index is 12.9. The number of aromatic nitrogens is 4. The maximum atomic E-state index is 12.9. The predicted octanol–water partition coefficient (Wildman–Crippen LogP) is 2.17. The normalized spacial score (nSPS) is 11.2. The molecule has 0 saturated heterocycles. The Balaban J connectivity index is 1.59. The van der Waals surface area contributed by atoms with E-state index in [0.717, 1.165) is 11.1 Å². The molecule has 0 saturated carbocycles. The Hall–Kier alpha value is -4.30. The molecule has 34 heavy (non-hydrogen) atoms. The number of nitrogens with zero attached hydrogens (tertiary/aromatic N) is 3. The number of hydrogen-bond acceptors (Lipinski definition) is 6. The number of nitrogens with one attached hydrogen (secondary N) is 3. The molecule has 2 aromatic heterocycles. The molecule has 0 aliphatic heterocycles. The summed E-state index contributed by atoms with van der Waals surface area (Å²) in [6.45, 7) is 2.42. The lowest BCUT2D eigenvalue weighted by molar-refractivity contribution is -0.115. The van der Waals surface area contributed by atoms with Crippen LogP contribution in [0.4, 0.5) is 5.82 Å². The number of amides is 1. The van der Waals surface area contributed by atoms with E-state index in [2.05, 4.69) is 25.3 Å². The van der Waals surface area contributed by atoms with Crippen LogP contribution >= 0.6 is 0 Å². The van der Waals surface area contributed by atoms with Crippen molar-refractivity contribution in [3.8, 4) is 18.1 Å². The van der Waals surface area contributed by atoms with E-state index in [4.69, 9.17) is 11.2 Å². The van der Waals surface area contributed by atoms with Gasteiger partial charge in [0.25, 0.3) is 15.9 Å². The van der Waals surface area contributed by atoms with Gasteiger partial charge in [-0.25, -0.2) is 8.42 Å². The Bertz CT molecular complexity index is 1510. The lowest BCUT2D eigenvalue weighted by atomic mass is 10.1. The molecule has 11 heteroatoms.